The summed E-state index contributed by atoms with van der Waals surface area (Å²) in [5.41, 5.74) is 5.91. The Balaban J connectivity index is 1.40. The smallest absolute Gasteiger partial charge is 0.316 e. The number of carbonyl (C=O) groups excluding carboxylic acids is 2. The van der Waals surface area contributed by atoms with Gasteiger partial charge in [-0.3, -0.25) is 19.5 Å². The van der Waals surface area contributed by atoms with E-state index in [0.717, 1.165) is 36.9 Å². The number of methoxy groups -OCH3 is 1. The van der Waals surface area contributed by atoms with Gasteiger partial charge in [0.15, 0.2) is 23.1 Å². The number of pyridine rings is 1. The quantitative estimate of drug-likeness (QED) is 0.277. The number of carbonyl (C=O) groups is 2. The molecule has 4 aromatic rings. The standard InChI is InChI=1S/C31H30F2N4O5/c1-40-28-15-22-25(16-29(28)41-18-19-8-11-35-12-9-19)36-13-10-26(22)42-27-7-6-21(14-24(27)33)37(31(39)30(34)38)17-20-4-2-3-5-23(20)32/h2-7,10,13-16,19,35H,8-9,11-12,17-18H2,1H3,(H2,34,38). The van der Waals surface area contributed by atoms with E-state index in [1.807, 2.05) is 0 Å². The summed E-state index contributed by atoms with van der Waals surface area (Å²) in [6.07, 6.45) is 3.61. The normalized spacial score (nSPS) is 13.5. The van der Waals surface area contributed by atoms with Crippen LogP contribution in [0.3, 0.4) is 0 Å². The molecule has 0 unspecified atom stereocenters. The molecule has 0 atom stereocenters. The van der Waals surface area contributed by atoms with Crippen molar-refractivity contribution in [3.05, 3.63) is 84.1 Å². The van der Waals surface area contributed by atoms with Gasteiger partial charge in [0.1, 0.15) is 11.6 Å². The number of nitrogens with one attached hydrogen (secondary N) is 1. The number of hydrogen-bond donors (Lipinski definition) is 2. The molecule has 3 aromatic carbocycles. The van der Waals surface area contributed by atoms with Gasteiger partial charge in [-0.1, -0.05) is 18.2 Å². The molecule has 1 aliphatic rings. The van der Waals surface area contributed by atoms with Gasteiger partial charge < -0.3 is 25.3 Å². The first-order valence-electron chi connectivity index (χ1n) is 13.5. The Morgan fingerprint density at radius 2 is 1.76 bits per heavy atom. The molecule has 3 N–H and O–H groups in total. The molecule has 1 fully saturated rings. The van der Waals surface area contributed by atoms with Crippen LogP contribution in [0.1, 0.15) is 18.4 Å². The van der Waals surface area contributed by atoms with Crippen molar-refractivity contribution in [2.75, 3.05) is 31.7 Å². The number of anilines is 1. The molecule has 0 radical (unpaired) electrons. The van der Waals surface area contributed by atoms with Crippen molar-refractivity contribution >= 4 is 28.4 Å². The third kappa shape index (κ3) is 6.41. The molecule has 1 aliphatic heterocycles. The fourth-order valence-electron chi connectivity index (χ4n) is 4.81. The van der Waals surface area contributed by atoms with E-state index in [1.165, 1.54) is 43.6 Å². The lowest BCUT2D eigenvalue weighted by atomic mass is 9.99. The SMILES string of the molecule is COc1cc2c(Oc3ccc(N(Cc4ccccc4F)C(=O)C(N)=O)cc3F)ccnc2cc1OCC1CCNCC1. The lowest BCUT2D eigenvalue weighted by molar-refractivity contribution is -0.135. The number of amides is 2. The van der Waals surface area contributed by atoms with E-state index in [4.69, 9.17) is 19.9 Å². The average Bonchev–Trinajstić information content (AvgIpc) is 3.00. The van der Waals surface area contributed by atoms with Crippen LogP contribution in [0.2, 0.25) is 0 Å². The molecule has 0 aliphatic carbocycles. The zero-order valence-electron chi connectivity index (χ0n) is 22.9. The van der Waals surface area contributed by atoms with Crippen LogP contribution < -0.4 is 30.2 Å². The molecule has 1 saturated heterocycles. The maximum atomic E-state index is 15.3. The highest BCUT2D eigenvalue weighted by Gasteiger charge is 2.24. The summed E-state index contributed by atoms with van der Waals surface area (Å²) in [7, 11) is 1.54. The highest BCUT2D eigenvalue weighted by atomic mass is 19.1. The fraction of sp³-hybridized carbons (Fsp3) is 0.258. The van der Waals surface area contributed by atoms with Crippen molar-refractivity contribution in [1.82, 2.24) is 10.3 Å². The number of piperidine rings is 1. The highest BCUT2D eigenvalue weighted by Crippen LogP contribution is 2.38. The molecule has 0 bridgehead atoms. The number of benzene rings is 3. The lowest BCUT2D eigenvalue weighted by Gasteiger charge is -2.23. The highest BCUT2D eigenvalue weighted by molar-refractivity contribution is 6.39. The van der Waals surface area contributed by atoms with Crippen molar-refractivity contribution in [3.63, 3.8) is 0 Å². The monoisotopic (exact) mass is 576 g/mol. The summed E-state index contributed by atoms with van der Waals surface area (Å²) >= 11 is 0. The molecule has 2 heterocycles. The molecule has 2 amide bonds. The Labute approximate surface area is 241 Å². The minimum absolute atomic E-state index is 0.00342. The van der Waals surface area contributed by atoms with Crippen molar-refractivity contribution in [2.24, 2.45) is 11.7 Å². The number of fused-ring (bicyclic) bond motifs is 1. The summed E-state index contributed by atoms with van der Waals surface area (Å²) in [6, 6.07) is 14.5. The topological polar surface area (TPSA) is 116 Å². The van der Waals surface area contributed by atoms with Crippen LogP contribution in [0.15, 0.2) is 66.9 Å². The van der Waals surface area contributed by atoms with Gasteiger partial charge in [-0.15, -0.1) is 0 Å². The van der Waals surface area contributed by atoms with Gasteiger partial charge in [0.05, 0.1) is 25.8 Å². The molecule has 5 rings (SSSR count). The van der Waals surface area contributed by atoms with E-state index < -0.39 is 23.4 Å². The Morgan fingerprint density at radius 3 is 2.48 bits per heavy atom. The van der Waals surface area contributed by atoms with E-state index in [1.54, 1.807) is 24.3 Å². The predicted octanol–water partition coefficient (Wildman–Crippen LogP) is 4.71. The Hall–Kier alpha value is -4.77. The molecule has 0 saturated carbocycles. The van der Waals surface area contributed by atoms with Crippen molar-refractivity contribution in [1.29, 1.82) is 0 Å². The van der Waals surface area contributed by atoms with Crippen LogP contribution in [0.4, 0.5) is 14.5 Å². The summed E-state index contributed by atoms with van der Waals surface area (Å²) in [5, 5.41) is 3.91. The summed E-state index contributed by atoms with van der Waals surface area (Å²) in [4.78, 5) is 29.6. The second-order valence-electron chi connectivity index (χ2n) is 9.90. The number of primary amides is 1. The molecular formula is C31H30F2N4O5. The molecule has 0 spiro atoms. The number of nitrogens with two attached hydrogens (primary N) is 1. The van der Waals surface area contributed by atoms with Crippen molar-refractivity contribution in [3.8, 4) is 23.0 Å². The van der Waals surface area contributed by atoms with Gasteiger partial charge in [0.25, 0.3) is 0 Å². The Kier molecular flexibility index (Phi) is 8.77. The van der Waals surface area contributed by atoms with E-state index in [2.05, 4.69) is 10.3 Å². The largest absolute Gasteiger partial charge is 0.493 e. The third-order valence-corrected chi connectivity index (χ3v) is 7.11. The number of nitrogens with zero attached hydrogens (tertiary/aromatic N) is 2. The summed E-state index contributed by atoms with van der Waals surface area (Å²) in [6.45, 7) is 2.16. The van der Waals surface area contributed by atoms with Crippen LogP contribution >= 0.6 is 0 Å². The van der Waals surface area contributed by atoms with Gasteiger partial charge in [-0.05, 0) is 62.2 Å². The van der Waals surface area contributed by atoms with Crippen LogP contribution in [-0.4, -0.2) is 43.6 Å². The van der Waals surface area contributed by atoms with E-state index >= 15 is 4.39 Å². The molecule has 11 heteroatoms. The van der Waals surface area contributed by atoms with Crippen LogP contribution in [0, 0.1) is 17.6 Å². The summed E-state index contributed by atoms with van der Waals surface area (Å²) in [5.74, 6) is -2.12. The zero-order chi connectivity index (χ0) is 29.6. The van der Waals surface area contributed by atoms with Crippen molar-refractivity contribution in [2.45, 2.75) is 19.4 Å². The number of ether oxygens (including phenoxy) is 3. The van der Waals surface area contributed by atoms with Gasteiger partial charge in [0.2, 0.25) is 0 Å². The second kappa shape index (κ2) is 12.8. The number of aromatic nitrogens is 1. The average molecular weight is 577 g/mol. The van der Waals surface area contributed by atoms with Crippen LogP contribution in [-0.2, 0) is 16.1 Å². The van der Waals surface area contributed by atoms with Crippen LogP contribution in [0.5, 0.6) is 23.0 Å². The maximum absolute atomic E-state index is 15.3. The number of rotatable bonds is 9. The molecule has 218 valence electrons. The molecule has 42 heavy (non-hydrogen) atoms. The first-order chi connectivity index (χ1) is 20.3. The minimum atomic E-state index is -1.26. The first kappa shape index (κ1) is 28.7. The third-order valence-electron chi connectivity index (χ3n) is 7.11. The van der Waals surface area contributed by atoms with Crippen molar-refractivity contribution < 1.29 is 32.6 Å². The lowest BCUT2D eigenvalue weighted by Crippen LogP contribution is -2.40. The number of halogens is 2. The van der Waals surface area contributed by atoms with Gasteiger partial charge in [-0.25, -0.2) is 8.78 Å². The fourth-order valence-corrected chi connectivity index (χ4v) is 4.81. The summed E-state index contributed by atoms with van der Waals surface area (Å²) < 4.78 is 47.2. The van der Waals surface area contributed by atoms with E-state index in [0.29, 0.717) is 40.7 Å². The Morgan fingerprint density at radius 1 is 0.976 bits per heavy atom. The van der Waals surface area contributed by atoms with Gasteiger partial charge in [0, 0.05) is 35.0 Å². The second-order valence-corrected chi connectivity index (χ2v) is 9.90. The van der Waals surface area contributed by atoms with Gasteiger partial charge in [-0.2, -0.15) is 0 Å². The molecule has 9 nitrogen and oxygen atoms in total. The van der Waals surface area contributed by atoms with E-state index in [-0.39, 0.29) is 23.5 Å². The molecular weight excluding hydrogens is 546 g/mol. The molecule has 1 aromatic heterocycles. The minimum Gasteiger partial charge on any atom is -0.493 e. The van der Waals surface area contributed by atoms with E-state index in [9.17, 15) is 14.0 Å². The van der Waals surface area contributed by atoms with Gasteiger partial charge >= 0.3 is 11.8 Å². The maximum Gasteiger partial charge on any atom is 0.316 e. The number of hydrogen-bond acceptors (Lipinski definition) is 7. The predicted molar refractivity (Wildman–Crippen MR) is 153 cm³/mol. The Bertz CT molecular complexity index is 1610. The van der Waals surface area contributed by atoms with Crippen LogP contribution in [0.25, 0.3) is 10.9 Å². The first-order valence-corrected chi connectivity index (χ1v) is 13.5. The zero-order valence-corrected chi connectivity index (χ0v) is 22.9.